The van der Waals surface area contributed by atoms with E-state index in [1.807, 2.05) is 24.3 Å². The summed E-state index contributed by atoms with van der Waals surface area (Å²) in [6, 6.07) is 15.2. The van der Waals surface area contributed by atoms with Gasteiger partial charge in [-0.15, -0.1) is 0 Å². The summed E-state index contributed by atoms with van der Waals surface area (Å²) in [6.45, 7) is 8.66. The summed E-state index contributed by atoms with van der Waals surface area (Å²) in [5.74, 6) is 0.294. The van der Waals surface area contributed by atoms with Gasteiger partial charge in [0, 0.05) is 5.92 Å². The van der Waals surface area contributed by atoms with Crippen LogP contribution in [0.1, 0.15) is 44.7 Å². The summed E-state index contributed by atoms with van der Waals surface area (Å²) in [5, 5.41) is 12.6. The first-order chi connectivity index (χ1) is 15.2. The zero-order valence-electron chi connectivity index (χ0n) is 19.2. The molecule has 0 spiro atoms. The second-order valence-corrected chi connectivity index (χ2v) is 12.6. The van der Waals surface area contributed by atoms with Crippen molar-refractivity contribution in [2.75, 3.05) is 13.2 Å². The molecule has 1 aliphatic heterocycles. The molecule has 2 unspecified atom stereocenters. The first-order valence-electron chi connectivity index (χ1n) is 11.3. The number of fused-ring (bicyclic) bond motifs is 3. The Morgan fingerprint density at radius 1 is 1.12 bits per heavy atom. The van der Waals surface area contributed by atoms with Gasteiger partial charge in [0.2, 0.25) is 5.91 Å². The number of carbonyl (C=O) groups is 2. The fourth-order valence-corrected chi connectivity index (χ4v) is 6.71. The number of nitrogens with zero attached hydrogens (tertiary/aromatic N) is 1. The van der Waals surface area contributed by atoms with Gasteiger partial charge in [0.05, 0.1) is 12.6 Å². The molecule has 4 rings (SSSR count). The van der Waals surface area contributed by atoms with E-state index in [9.17, 15) is 14.7 Å². The Kier molecular flexibility index (Phi) is 6.14. The van der Waals surface area contributed by atoms with Crippen LogP contribution in [0.15, 0.2) is 48.5 Å². The van der Waals surface area contributed by atoms with Crippen LogP contribution in [0.3, 0.4) is 0 Å². The van der Waals surface area contributed by atoms with Crippen LogP contribution >= 0.6 is 0 Å². The number of benzene rings is 2. The van der Waals surface area contributed by atoms with Crippen molar-refractivity contribution in [1.82, 2.24) is 9.88 Å². The maximum absolute atomic E-state index is 12.7. The normalized spacial score (nSPS) is 20.4. The van der Waals surface area contributed by atoms with Crippen LogP contribution < -0.4 is 5.32 Å². The van der Waals surface area contributed by atoms with E-state index in [-0.39, 0.29) is 36.1 Å². The molecule has 2 aromatic rings. The zero-order chi connectivity index (χ0) is 23.0. The van der Waals surface area contributed by atoms with Crippen molar-refractivity contribution in [2.45, 2.75) is 50.7 Å². The number of alkyl carbamates (subject to hydrolysis) is 1. The van der Waals surface area contributed by atoms with E-state index in [1.54, 1.807) is 4.57 Å². The topological polar surface area (TPSA) is 78.9 Å². The van der Waals surface area contributed by atoms with Gasteiger partial charge in [0.15, 0.2) is 0 Å². The molecule has 2 aliphatic rings. The molecule has 7 heteroatoms. The lowest BCUT2D eigenvalue weighted by atomic mass is 9.98. The van der Waals surface area contributed by atoms with Crippen LogP contribution in [-0.4, -0.2) is 56.7 Å². The monoisotopic (exact) mass is 452 g/mol. The van der Waals surface area contributed by atoms with Crippen LogP contribution in [-0.2, 0) is 9.53 Å². The lowest BCUT2D eigenvalue weighted by Gasteiger charge is -2.50. The Morgan fingerprint density at radius 3 is 2.22 bits per heavy atom. The quantitative estimate of drug-likeness (QED) is 0.500. The zero-order valence-corrected chi connectivity index (χ0v) is 20.6. The molecule has 2 N–H and O–H groups in total. The van der Waals surface area contributed by atoms with Gasteiger partial charge in [-0.25, -0.2) is 4.79 Å². The summed E-state index contributed by atoms with van der Waals surface area (Å²) >= 11 is 0. The molecule has 1 fully saturated rings. The number of rotatable bonds is 7. The molecule has 6 nitrogen and oxygen atoms in total. The van der Waals surface area contributed by atoms with Crippen molar-refractivity contribution < 1.29 is 19.4 Å². The van der Waals surface area contributed by atoms with Gasteiger partial charge >= 0.3 is 6.09 Å². The third-order valence-electron chi connectivity index (χ3n) is 7.28. The molecule has 2 atom stereocenters. The number of aliphatic hydroxyl groups excluding tert-OH is 1. The van der Waals surface area contributed by atoms with E-state index in [0.29, 0.717) is 5.92 Å². The Bertz CT molecular complexity index is 977. The molecule has 2 amide bonds. The van der Waals surface area contributed by atoms with Gasteiger partial charge in [-0.2, -0.15) is 0 Å². The van der Waals surface area contributed by atoms with Crippen molar-refractivity contribution in [3.63, 3.8) is 0 Å². The number of carbonyl (C=O) groups excluding carboxylic acids is 2. The van der Waals surface area contributed by atoms with Crippen LogP contribution in [0.4, 0.5) is 4.79 Å². The van der Waals surface area contributed by atoms with Crippen LogP contribution in [0.5, 0.6) is 0 Å². The molecule has 170 valence electrons. The van der Waals surface area contributed by atoms with E-state index in [2.05, 4.69) is 57.3 Å². The molecule has 0 saturated carbocycles. The highest BCUT2D eigenvalue weighted by Crippen LogP contribution is 2.44. The minimum absolute atomic E-state index is 0.0328. The van der Waals surface area contributed by atoms with Gasteiger partial charge in [-0.3, -0.25) is 4.79 Å². The number of aliphatic hydroxyl groups is 1. The Hall–Kier alpha value is -2.64. The highest BCUT2D eigenvalue weighted by Gasteiger charge is 2.49. The first-order valence-corrected chi connectivity index (χ1v) is 12.6. The van der Waals surface area contributed by atoms with E-state index < -0.39 is 21.8 Å². The molecule has 0 radical (unpaired) electrons. The number of hydrogen-bond donors (Lipinski definition) is 2. The standard InChI is InChI=1S/C25H32N2O4Si/c1-15(2)25(3,4)32-27-21(13-28)22(23(27)29)26-24(30)31-14-20-18-11-7-5-9-16(18)17-10-6-8-12-19(17)20/h5-12,15,20-22,28H,13-14,32H2,1-4H3,(H,26,30). The molecule has 1 saturated heterocycles. The van der Waals surface area contributed by atoms with Crippen LogP contribution in [0, 0.1) is 5.92 Å². The summed E-state index contributed by atoms with van der Waals surface area (Å²) < 4.78 is 7.37. The highest BCUT2D eigenvalue weighted by molar-refractivity contribution is 6.42. The predicted molar refractivity (Wildman–Crippen MR) is 127 cm³/mol. The highest BCUT2D eigenvalue weighted by atomic mass is 28.2. The minimum Gasteiger partial charge on any atom is -0.449 e. The van der Waals surface area contributed by atoms with E-state index in [4.69, 9.17) is 4.74 Å². The summed E-state index contributed by atoms with van der Waals surface area (Å²) in [5.41, 5.74) is 4.62. The average Bonchev–Trinajstić information content (AvgIpc) is 3.10. The minimum atomic E-state index is -0.926. The number of ether oxygens (including phenoxy) is 1. The van der Waals surface area contributed by atoms with Crippen molar-refractivity contribution in [3.05, 3.63) is 59.7 Å². The molecule has 2 aromatic carbocycles. The third-order valence-corrected chi connectivity index (χ3v) is 10.0. The fraction of sp³-hybridized carbons (Fsp3) is 0.440. The third kappa shape index (κ3) is 3.95. The SMILES string of the molecule is CC(C)C(C)(C)[SiH2]N1C(=O)C(NC(=O)OCC2c3ccccc3-c3ccccc32)C1CO. The lowest BCUT2D eigenvalue weighted by Crippen LogP contribution is -2.73. The molecule has 0 aromatic heterocycles. The van der Waals surface area contributed by atoms with Crippen molar-refractivity contribution in [3.8, 4) is 11.1 Å². The smallest absolute Gasteiger partial charge is 0.407 e. The Labute approximate surface area is 191 Å². The number of amides is 2. The molecule has 32 heavy (non-hydrogen) atoms. The van der Waals surface area contributed by atoms with Gasteiger partial charge in [-0.1, -0.05) is 76.2 Å². The van der Waals surface area contributed by atoms with Gasteiger partial charge < -0.3 is 19.7 Å². The summed E-state index contributed by atoms with van der Waals surface area (Å²) in [7, 11) is -0.926. The maximum Gasteiger partial charge on any atom is 0.407 e. The first kappa shape index (κ1) is 22.5. The molecule has 1 aliphatic carbocycles. The van der Waals surface area contributed by atoms with Crippen molar-refractivity contribution in [2.24, 2.45) is 5.92 Å². The van der Waals surface area contributed by atoms with E-state index in [1.165, 1.54) is 11.1 Å². The van der Waals surface area contributed by atoms with Crippen molar-refractivity contribution >= 4 is 21.7 Å². The van der Waals surface area contributed by atoms with Gasteiger partial charge in [0.1, 0.15) is 22.3 Å². The lowest BCUT2D eigenvalue weighted by molar-refractivity contribution is -0.144. The summed E-state index contributed by atoms with van der Waals surface area (Å²) in [4.78, 5) is 25.3. The van der Waals surface area contributed by atoms with Crippen molar-refractivity contribution in [1.29, 1.82) is 0 Å². The second-order valence-electron chi connectivity index (χ2n) is 9.81. The molecule has 0 bridgehead atoms. The largest absolute Gasteiger partial charge is 0.449 e. The number of β-lactam (4-membered cyclic amide) rings is 1. The Morgan fingerprint density at radius 2 is 1.69 bits per heavy atom. The molecular weight excluding hydrogens is 420 g/mol. The maximum atomic E-state index is 12.7. The summed E-state index contributed by atoms with van der Waals surface area (Å²) in [6.07, 6.45) is -0.618. The fourth-order valence-electron chi connectivity index (χ4n) is 4.55. The van der Waals surface area contributed by atoms with Crippen LogP contribution in [0.25, 0.3) is 11.1 Å². The second kappa shape index (κ2) is 8.71. The van der Waals surface area contributed by atoms with Gasteiger partial charge in [0.25, 0.3) is 0 Å². The Balaban J connectivity index is 1.38. The molecule has 1 heterocycles. The van der Waals surface area contributed by atoms with Gasteiger partial charge in [-0.05, 0) is 33.2 Å². The number of hydrogen-bond acceptors (Lipinski definition) is 4. The predicted octanol–water partition coefficient (Wildman–Crippen LogP) is 3.04. The molecular formula is C25H32N2O4Si. The van der Waals surface area contributed by atoms with E-state index in [0.717, 1.165) is 11.1 Å². The van der Waals surface area contributed by atoms with Crippen LogP contribution in [0.2, 0.25) is 5.04 Å². The number of nitrogens with one attached hydrogen (secondary N) is 1. The van der Waals surface area contributed by atoms with E-state index >= 15 is 0 Å². The average molecular weight is 453 g/mol.